The molecule has 0 atom stereocenters. The molecule has 2 N–H and O–H groups in total. The Bertz CT molecular complexity index is 332. The molecule has 5 heteroatoms. The summed E-state index contributed by atoms with van der Waals surface area (Å²) < 4.78 is 0. The van der Waals surface area contributed by atoms with Crippen molar-refractivity contribution < 1.29 is 4.79 Å². The summed E-state index contributed by atoms with van der Waals surface area (Å²) in [5.41, 5.74) is 1.13. The van der Waals surface area contributed by atoms with E-state index in [9.17, 15) is 4.79 Å². The lowest BCUT2D eigenvalue weighted by Gasteiger charge is -2.04. The minimum absolute atomic E-state index is 0. The van der Waals surface area contributed by atoms with Gasteiger partial charge in [-0.3, -0.25) is 4.79 Å². The number of amides is 1. The lowest BCUT2D eigenvalue weighted by atomic mass is 10.1. The predicted octanol–water partition coefficient (Wildman–Crippen LogP) is 1.64. The van der Waals surface area contributed by atoms with E-state index in [0.29, 0.717) is 13.1 Å². The van der Waals surface area contributed by atoms with E-state index in [-0.39, 0.29) is 18.3 Å². The van der Waals surface area contributed by atoms with Crippen molar-refractivity contribution in [1.29, 1.82) is 0 Å². The van der Waals surface area contributed by atoms with Gasteiger partial charge in [-0.15, -0.1) is 12.4 Å². The molecule has 0 bridgehead atoms. The van der Waals surface area contributed by atoms with Gasteiger partial charge in [0.05, 0.1) is 6.54 Å². The van der Waals surface area contributed by atoms with Crippen LogP contribution in [0.5, 0.6) is 0 Å². The second-order valence-electron chi connectivity index (χ2n) is 3.26. The lowest BCUT2D eigenvalue weighted by molar-refractivity contribution is -0.120. The quantitative estimate of drug-likeness (QED) is 0.848. The number of likely N-dealkylation sites (N-methyl/N-ethyl adjacent to an activating group) is 1. The first kappa shape index (κ1) is 15.2. The topological polar surface area (TPSA) is 41.1 Å². The molecule has 0 aromatic heterocycles. The van der Waals surface area contributed by atoms with E-state index >= 15 is 0 Å². The molecule has 0 fully saturated rings. The van der Waals surface area contributed by atoms with Crippen molar-refractivity contribution in [3.8, 4) is 0 Å². The van der Waals surface area contributed by atoms with Crippen LogP contribution in [-0.2, 0) is 11.2 Å². The van der Waals surface area contributed by atoms with Gasteiger partial charge in [0.25, 0.3) is 0 Å². The van der Waals surface area contributed by atoms with Crippen molar-refractivity contribution in [2.45, 2.75) is 6.42 Å². The summed E-state index contributed by atoms with van der Waals surface area (Å²) in [7, 11) is 1.75. The fraction of sp³-hybridized carbons (Fsp3) is 0.364. The molecular formula is C11H16Cl2N2O. The summed E-state index contributed by atoms with van der Waals surface area (Å²) in [5, 5.41) is 6.33. The highest BCUT2D eigenvalue weighted by Gasteiger charge is 1.98. The molecule has 0 saturated heterocycles. The highest BCUT2D eigenvalue weighted by atomic mass is 35.5. The Morgan fingerprint density at radius 1 is 1.44 bits per heavy atom. The molecule has 16 heavy (non-hydrogen) atoms. The molecule has 0 aliphatic rings. The van der Waals surface area contributed by atoms with Crippen LogP contribution in [0.1, 0.15) is 5.56 Å². The van der Waals surface area contributed by atoms with Crippen molar-refractivity contribution in [1.82, 2.24) is 10.6 Å². The molecule has 0 saturated carbocycles. The van der Waals surface area contributed by atoms with Crippen LogP contribution < -0.4 is 10.6 Å². The Morgan fingerprint density at radius 3 is 2.81 bits per heavy atom. The zero-order valence-electron chi connectivity index (χ0n) is 9.13. The normalized spacial score (nSPS) is 9.38. The van der Waals surface area contributed by atoms with Crippen molar-refractivity contribution in [2.75, 3.05) is 20.1 Å². The second-order valence-corrected chi connectivity index (χ2v) is 3.70. The van der Waals surface area contributed by atoms with Gasteiger partial charge in [0.15, 0.2) is 0 Å². The van der Waals surface area contributed by atoms with Crippen molar-refractivity contribution in [2.24, 2.45) is 0 Å². The van der Waals surface area contributed by atoms with Crippen LogP contribution >= 0.6 is 24.0 Å². The maximum atomic E-state index is 11.1. The van der Waals surface area contributed by atoms with Gasteiger partial charge in [0.2, 0.25) is 5.91 Å². The number of hydrogen-bond donors (Lipinski definition) is 2. The average Bonchev–Trinajstić information content (AvgIpc) is 2.18. The van der Waals surface area contributed by atoms with Gasteiger partial charge in [0, 0.05) is 11.6 Å². The summed E-state index contributed by atoms with van der Waals surface area (Å²) >= 11 is 5.84. The number of hydrogen-bond acceptors (Lipinski definition) is 2. The predicted molar refractivity (Wildman–Crippen MR) is 69.3 cm³/mol. The van der Waals surface area contributed by atoms with Crippen molar-refractivity contribution >= 4 is 29.9 Å². The van der Waals surface area contributed by atoms with Gasteiger partial charge in [-0.05, 0) is 31.2 Å². The molecular weight excluding hydrogens is 247 g/mol. The van der Waals surface area contributed by atoms with Crippen LogP contribution in [0.2, 0.25) is 5.02 Å². The highest BCUT2D eigenvalue weighted by Crippen LogP contribution is 2.10. The average molecular weight is 263 g/mol. The van der Waals surface area contributed by atoms with E-state index in [2.05, 4.69) is 10.6 Å². The SMILES string of the molecule is CNCC(=O)NCCc1cccc(Cl)c1.Cl. The monoisotopic (exact) mass is 262 g/mol. The van der Waals surface area contributed by atoms with E-state index in [1.54, 1.807) is 7.05 Å². The second kappa shape index (κ2) is 8.39. The van der Waals surface area contributed by atoms with Crippen LogP contribution in [0.3, 0.4) is 0 Å². The van der Waals surface area contributed by atoms with Gasteiger partial charge in [-0.25, -0.2) is 0 Å². The fourth-order valence-electron chi connectivity index (χ4n) is 1.26. The van der Waals surface area contributed by atoms with E-state index in [1.807, 2.05) is 24.3 Å². The van der Waals surface area contributed by atoms with Gasteiger partial charge >= 0.3 is 0 Å². The van der Waals surface area contributed by atoms with E-state index in [4.69, 9.17) is 11.6 Å². The molecule has 1 amide bonds. The number of nitrogens with one attached hydrogen (secondary N) is 2. The molecule has 1 aromatic carbocycles. The Labute approximate surface area is 107 Å². The molecule has 0 heterocycles. The first-order valence-corrected chi connectivity index (χ1v) is 5.26. The molecule has 0 aliphatic heterocycles. The molecule has 0 aliphatic carbocycles. The van der Waals surface area contributed by atoms with Crippen molar-refractivity contribution in [3.05, 3.63) is 34.9 Å². The summed E-state index contributed by atoms with van der Waals surface area (Å²) in [4.78, 5) is 11.1. The standard InChI is InChI=1S/C11H15ClN2O.ClH/c1-13-8-11(15)14-6-5-9-3-2-4-10(12)7-9;/h2-4,7,13H,5-6,8H2,1H3,(H,14,15);1H. The minimum Gasteiger partial charge on any atom is -0.355 e. The summed E-state index contributed by atoms with van der Waals surface area (Å²) in [6.07, 6.45) is 0.802. The molecule has 1 aromatic rings. The molecule has 1 rings (SSSR count). The largest absolute Gasteiger partial charge is 0.355 e. The summed E-state index contributed by atoms with van der Waals surface area (Å²) in [6.45, 7) is 0.996. The first-order valence-electron chi connectivity index (χ1n) is 4.88. The van der Waals surface area contributed by atoms with Crippen LogP contribution in [0.15, 0.2) is 24.3 Å². The van der Waals surface area contributed by atoms with Gasteiger partial charge in [0.1, 0.15) is 0 Å². The molecule has 3 nitrogen and oxygen atoms in total. The Kier molecular flexibility index (Phi) is 7.99. The van der Waals surface area contributed by atoms with E-state index in [0.717, 1.165) is 17.0 Å². The van der Waals surface area contributed by atoms with E-state index in [1.165, 1.54) is 0 Å². The summed E-state index contributed by atoms with van der Waals surface area (Å²) in [6, 6.07) is 7.65. The summed E-state index contributed by atoms with van der Waals surface area (Å²) in [5.74, 6) is 0.0135. The zero-order chi connectivity index (χ0) is 11.1. The fourth-order valence-corrected chi connectivity index (χ4v) is 1.47. The zero-order valence-corrected chi connectivity index (χ0v) is 10.7. The third-order valence-electron chi connectivity index (χ3n) is 1.96. The van der Waals surface area contributed by atoms with Crippen LogP contribution in [0.4, 0.5) is 0 Å². The van der Waals surface area contributed by atoms with Crippen molar-refractivity contribution in [3.63, 3.8) is 0 Å². The number of rotatable bonds is 5. The smallest absolute Gasteiger partial charge is 0.233 e. The molecule has 0 radical (unpaired) electrons. The van der Waals surface area contributed by atoms with Gasteiger partial charge in [-0.1, -0.05) is 23.7 Å². The van der Waals surface area contributed by atoms with Crippen LogP contribution in [0, 0.1) is 0 Å². The highest BCUT2D eigenvalue weighted by molar-refractivity contribution is 6.30. The number of carbonyl (C=O) groups is 1. The Morgan fingerprint density at radius 2 is 2.19 bits per heavy atom. The van der Waals surface area contributed by atoms with Gasteiger partial charge < -0.3 is 10.6 Å². The molecule has 0 spiro atoms. The van der Waals surface area contributed by atoms with E-state index < -0.39 is 0 Å². The number of benzene rings is 1. The first-order chi connectivity index (χ1) is 7.22. The molecule has 90 valence electrons. The van der Waals surface area contributed by atoms with Gasteiger partial charge in [-0.2, -0.15) is 0 Å². The Balaban J connectivity index is 0.00000225. The molecule has 0 unspecified atom stereocenters. The number of carbonyl (C=O) groups excluding carboxylic acids is 1. The minimum atomic E-state index is 0. The maximum Gasteiger partial charge on any atom is 0.233 e. The third kappa shape index (κ3) is 5.95. The van der Waals surface area contributed by atoms with Crippen LogP contribution in [0.25, 0.3) is 0 Å². The lowest BCUT2D eigenvalue weighted by Crippen LogP contribution is -2.33. The number of halogens is 2. The third-order valence-corrected chi connectivity index (χ3v) is 2.20. The maximum absolute atomic E-state index is 11.1. The van der Waals surface area contributed by atoms with Crippen LogP contribution in [-0.4, -0.2) is 26.0 Å². The Hall–Kier alpha value is -0.770.